The first kappa shape index (κ1) is 23.8. The second kappa shape index (κ2) is 9.18. The quantitative estimate of drug-likeness (QED) is 0.222. The molecule has 5 aromatic carbocycles. The van der Waals surface area contributed by atoms with Crippen LogP contribution in [0.15, 0.2) is 126 Å². The summed E-state index contributed by atoms with van der Waals surface area (Å²) in [5.74, 6) is 0.971. The van der Waals surface area contributed by atoms with Crippen molar-refractivity contribution in [1.29, 1.82) is 0 Å². The highest BCUT2D eigenvalue weighted by molar-refractivity contribution is 9.10. The number of halogens is 1. The van der Waals surface area contributed by atoms with E-state index in [4.69, 9.17) is 4.74 Å². The molecule has 2 N–H and O–H groups in total. The zero-order valence-corrected chi connectivity index (χ0v) is 22.9. The smallest absolute Gasteiger partial charge is 0.118 e. The highest BCUT2D eigenvalue weighted by Gasteiger charge is 2.49. The Kier molecular flexibility index (Phi) is 5.60. The fraction of sp³-hybridized carbons (Fsp3) is 0.0857. The number of hydrogen-bond acceptors (Lipinski definition) is 2. The van der Waals surface area contributed by atoms with E-state index in [0.717, 1.165) is 43.5 Å². The fourth-order valence-electron chi connectivity index (χ4n) is 6.50. The van der Waals surface area contributed by atoms with Crippen LogP contribution >= 0.6 is 15.9 Å². The molecule has 0 saturated heterocycles. The molecule has 1 aromatic heterocycles. The lowest BCUT2D eigenvalue weighted by molar-refractivity contribution is 0.414. The normalized spacial score (nSPS) is 15.5. The van der Waals surface area contributed by atoms with Crippen LogP contribution in [0.5, 0.6) is 11.5 Å². The average Bonchev–Trinajstić information content (AvgIpc) is 3.38. The molecule has 0 amide bonds. The van der Waals surface area contributed by atoms with Crippen molar-refractivity contribution in [1.82, 2.24) is 4.98 Å². The van der Waals surface area contributed by atoms with E-state index < -0.39 is 5.41 Å². The summed E-state index contributed by atoms with van der Waals surface area (Å²) in [7, 11) is 1.69. The highest BCUT2D eigenvalue weighted by atomic mass is 79.9. The Balaban J connectivity index is 1.69. The number of ether oxygens (including phenoxy) is 1. The third-order valence-electron chi connectivity index (χ3n) is 8.10. The van der Waals surface area contributed by atoms with Crippen molar-refractivity contribution in [3.8, 4) is 11.5 Å². The SMILES string of the molecule is COc1ccc(C2c3cc(O)ccc3C(c3ccccc3)(c3ccccc3)c3[nH]c4c(Br)cccc4c32)cc1. The summed E-state index contributed by atoms with van der Waals surface area (Å²) in [5, 5.41) is 12.0. The Hall–Kier alpha value is -4.28. The van der Waals surface area contributed by atoms with Crippen molar-refractivity contribution in [3.05, 3.63) is 165 Å². The number of hydrogen-bond donors (Lipinski definition) is 2. The lowest BCUT2D eigenvalue weighted by Gasteiger charge is -2.43. The molecule has 3 nitrogen and oxygen atoms in total. The first-order valence-electron chi connectivity index (χ1n) is 13.0. The van der Waals surface area contributed by atoms with Crippen LogP contribution in [0.2, 0.25) is 0 Å². The summed E-state index contributed by atoms with van der Waals surface area (Å²) in [4.78, 5) is 3.92. The number of aromatic hydroxyl groups is 1. The molecular weight excluding hydrogens is 546 g/mol. The summed E-state index contributed by atoms with van der Waals surface area (Å²) in [6.45, 7) is 0. The molecule has 39 heavy (non-hydrogen) atoms. The number of rotatable bonds is 4. The molecule has 0 saturated carbocycles. The van der Waals surface area contributed by atoms with Gasteiger partial charge in [0, 0.05) is 21.5 Å². The predicted octanol–water partition coefficient (Wildman–Crippen LogP) is 8.52. The second-order valence-electron chi connectivity index (χ2n) is 10.0. The average molecular weight is 573 g/mol. The first-order chi connectivity index (χ1) is 19.1. The molecular formula is C35H26BrNO2. The molecule has 6 aromatic rings. The van der Waals surface area contributed by atoms with Gasteiger partial charge in [-0.05, 0) is 79.6 Å². The Morgan fingerprint density at radius 1 is 0.769 bits per heavy atom. The minimum atomic E-state index is -0.623. The maximum absolute atomic E-state index is 10.9. The van der Waals surface area contributed by atoms with Gasteiger partial charge in [-0.3, -0.25) is 0 Å². The van der Waals surface area contributed by atoms with Crippen molar-refractivity contribution in [2.24, 2.45) is 0 Å². The van der Waals surface area contributed by atoms with E-state index in [9.17, 15) is 5.11 Å². The van der Waals surface area contributed by atoms with Crippen molar-refractivity contribution < 1.29 is 9.84 Å². The van der Waals surface area contributed by atoms with Crippen molar-refractivity contribution in [2.45, 2.75) is 11.3 Å². The largest absolute Gasteiger partial charge is 0.508 e. The van der Waals surface area contributed by atoms with Crippen molar-refractivity contribution in [3.63, 3.8) is 0 Å². The zero-order valence-electron chi connectivity index (χ0n) is 21.4. The maximum atomic E-state index is 10.9. The van der Waals surface area contributed by atoms with E-state index in [1.165, 1.54) is 16.7 Å². The molecule has 7 rings (SSSR count). The van der Waals surface area contributed by atoms with Gasteiger partial charge in [-0.2, -0.15) is 0 Å². The van der Waals surface area contributed by atoms with Crippen LogP contribution in [-0.4, -0.2) is 17.2 Å². The Labute approximate surface area is 235 Å². The maximum Gasteiger partial charge on any atom is 0.118 e. The van der Waals surface area contributed by atoms with E-state index in [-0.39, 0.29) is 11.7 Å². The summed E-state index contributed by atoms with van der Waals surface area (Å²) >= 11 is 3.83. The van der Waals surface area contributed by atoms with Gasteiger partial charge in [0.25, 0.3) is 0 Å². The lowest BCUT2D eigenvalue weighted by atomic mass is 9.59. The lowest BCUT2D eigenvalue weighted by Crippen LogP contribution is -2.37. The number of fused-ring (bicyclic) bond motifs is 4. The van der Waals surface area contributed by atoms with E-state index in [1.807, 2.05) is 24.3 Å². The molecule has 190 valence electrons. The van der Waals surface area contributed by atoms with Gasteiger partial charge in [-0.15, -0.1) is 0 Å². The summed E-state index contributed by atoms with van der Waals surface area (Å²) in [6.07, 6.45) is 0. The van der Waals surface area contributed by atoms with Crippen LogP contribution in [0.1, 0.15) is 45.0 Å². The van der Waals surface area contributed by atoms with Crippen molar-refractivity contribution in [2.75, 3.05) is 7.11 Å². The second-order valence-corrected chi connectivity index (χ2v) is 10.9. The molecule has 0 fully saturated rings. The number of benzene rings is 5. The van der Waals surface area contributed by atoms with Gasteiger partial charge < -0.3 is 14.8 Å². The van der Waals surface area contributed by atoms with Gasteiger partial charge in [-0.25, -0.2) is 0 Å². The highest BCUT2D eigenvalue weighted by Crippen LogP contribution is 2.57. The number of aromatic nitrogens is 1. The number of aromatic amines is 1. The number of H-pyrrole nitrogens is 1. The van der Waals surface area contributed by atoms with Gasteiger partial charge in [0.05, 0.1) is 18.0 Å². The third-order valence-corrected chi connectivity index (χ3v) is 8.76. The third kappa shape index (κ3) is 3.48. The van der Waals surface area contributed by atoms with E-state index in [2.05, 4.69) is 118 Å². The predicted molar refractivity (Wildman–Crippen MR) is 160 cm³/mol. The molecule has 4 heteroatoms. The molecule has 1 heterocycles. The number of methoxy groups -OCH3 is 1. The van der Waals surface area contributed by atoms with E-state index in [0.29, 0.717) is 0 Å². The number of phenolic OH excluding ortho intramolecular Hbond substituents is 1. The van der Waals surface area contributed by atoms with Gasteiger partial charge in [0.15, 0.2) is 0 Å². The summed E-state index contributed by atoms with van der Waals surface area (Å²) < 4.78 is 6.50. The van der Waals surface area contributed by atoms with E-state index >= 15 is 0 Å². The van der Waals surface area contributed by atoms with Crippen LogP contribution in [0.25, 0.3) is 10.9 Å². The molecule has 0 aliphatic heterocycles. The Bertz CT molecular complexity index is 1770. The topological polar surface area (TPSA) is 45.2 Å². The minimum absolute atomic E-state index is 0.100. The van der Waals surface area contributed by atoms with Gasteiger partial charge in [-0.1, -0.05) is 91.0 Å². The van der Waals surface area contributed by atoms with Gasteiger partial charge >= 0.3 is 0 Å². The fourth-order valence-corrected chi connectivity index (χ4v) is 6.97. The monoisotopic (exact) mass is 571 g/mol. The summed E-state index contributed by atoms with van der Waals surface area (Å²) in [6, 6.07) is 41.9. The molecule has 0 spiro atoms. The van der Waals surface area contributed by atoms with Gasteiger partial charge in [0.2, 0.25) is 0 Å². The van der Waals surface area contributed by atoms with Crippen LogP contribution in [0.4, 0.5) is 0 Å². The molecule has 1 unspecified atom stereocenters. The van der Waals surface area contributed by atoms with Gasteiger partial charge in [0.1, 0.15) is 11.5 Å². The Morgan fingerprint density at radius 3 is 2.08 bits per heavy atom. The molecule has 1 aliphatic rings. The molecule has 1 atom stereocenters. The van der Waals surface area contributed by atoms with Crippen LogP contribution in [0, 0.1) is 0 Å². The van der Waals surface area contributed by atoms with Crippen LogP contribution in [-0.2, 0) is 5.41 Å². The molecule has 1 aliphatic carbocycles. The number of nitrogens with one attached hydrogen (secondary N) is 1. The number of para-hydroxylation sites is 1. The minimum Gasteiger partial charge on any atom is -0.508 e. The zero-order chi connectivity index (χ0) is 26.6. The van der Waals surface area contributed by atoms with E-state index in [1.54, 1.807) is 7.11 Å². The first-order valence-corrected chi connectivity index (χ1v) is 13.8. The standard InChI is InChI=1S/C35H26BrNO2/c1-39-26-18-15-22(16-19-26)31-28-21-25(38)17-20-29(28)35(23-9-4-2-5-10-23,24-11-6-3-7-12-24)34-32(31)27-13-8-14-30(36)33(27)37-34/h2-21,31,37-38H,1H3. The number of phenols is 1. The molecule has 0 bridgehead atoms. The summed E-state index contributed by atoms with van der Waals surface area (Å²) in [5.41, 5.74) is 8.50. The Morgan fingerprint density at radius 2 is 1.44 bits per heavy atom. The van der Waals surface area contributed by atoms with Crippen LogP contribution in [0.3, 0.4) is 0 Å². The molecule has 0 radical (unpaired) electrons. The van der Waals surface area contributed by atoms with Crippen molar-refractivity contribution >= 4 is 26.8 Å². The van der Waals surface area contributed by atoms with Crippen LogP contribution < -0.4 is 4.74 Å².